The van der Waals surface area contributed by atoms with E-state index in [-0.39, 0.29) is 24.0 Å². The molecule has 0 bridgehead atoms. The maximum atomic E-state index is 13.0. The summed E-state index contributed by atoms with van der Waals surface area (Å²) in [6.45, 7) is 2.17. The van der Waals surface area contributed by atoms with Crippen molar-refractivity contribution >= 4 is 41.5 Å². The van der Waals surface area contributed by atoms with E-state index in [9.17, 15) is 4.79 Å². The minimum absolute atomic E-state index is 0. The van der Waals surface area contributed by atoms with Crippen LogP contribution in [-0.4, -0.2) is 42.5 Å². The second-order valence-corrected chi connectivity index (χ2v) is 7.63. The summed E-state index contributed by atoms with van der Waals surface area (Å²) in [4.78, 5) is 17.0. The Bertz CT molecular complexity index is 573. The van der Waals surface area contributed by atoms with Gasteiger partial charge >= 0.3 is 0 Å². The van der Waals surface area contributed by atoms with Crippen molar-refractivity contribution in [2.75, 3.05) is 21.1 Å². The van der Waals surface area contributed by atoms with Crippen molar-refractivity contribution in [1.82, 2.24) is 9.80 Å². The van der Waals surface area contributed by atoms with E-state index in [4.69, 9.17) is 23.2 Å². The summed E-state index contributed by atoms with van der Waals surface area (Å²) in [6.07, 6.45) is 6.09. The van der Waals surface area contributed by atoms with Crippen LogP contribution in [0.2, 0.25) is 10.0 Å². The van der Waals surface area contributed by atoms with E-state index in [1.807, 2.05) is 26.0 Å². The Labute approximate surface area is 161 Å². The molecule has 1 aromatic rings. The molecule has 1 aromatic carbocycles. The van der Waals surface area contributed by atoms with E-state index in [1.165, 1.54) is 19.3 Å². The predicted molar refractivity (Wildman–Crippen MR) is 104 cm³/mol. The van der Waals surface area contributed by atoms with Crippen LogP contribution in [0.4, 0.5) is 0 Å². The summed E-state index contributed by atoms with van der Waals surface area (Å²) in [6, 6.07) is 5.07. The molecule has 0 saturated heterocycles. The lowest BCUT2D eigenvalue weighted by molar-refractivity contribution is -0.0443. The summed E-state index contributed by atoms with van der Waals surface area (Å²) < 4.78 is 0. The van der Waals surface area contributed by atoms with Crippen molar-refractivity contribution < 1.29 is 4.79 Å². The van der Waals surface area contributed by atoms with E-state index < -0.39 is 0 Å². The molecule has 0 spiro atoms. The third kappa shape index (κ3) is 4.19. The minimum Gasteiger partial charge on any atom is -0.323 e. The number of hydrogen-bond acceptors (Lipinski definition) is 2. The number of carbonyl (C=O) groups is 1. The average Bonchev–Trinajstić information content (AvgIpc) is 2.55. The summed E-state index contributed by atoms with van der Waals surface area (Å²) in [5, 5.41) is 0.878. The molecule has 3 nitrogen and oxygen atoms in total. The first-order chi connectivity index (χ1) is 10.8. The molecule has 1 saturated carbocycles. The average molecular weight is 394 g/mol. The van der Waals surface area contributed by atoms with Gasteiger partial charge in [0, 0.05) is 12.6 Å². The van der Waals surface area contributed by atoms with Crippen molar-refractivity contribution in [3.05, 3.63) is 33.8 Å². The van der Waals surface area contributed by atoms with Crippen LogP contribution in [0, 0.1) is 5.92 Å². The lowest BCUT2D eigenvalue weighted by Gasteiger charge is -2.50. The number of hydrogen-bond donors (Lipinski definition) is 0. The number of amides is 1. The number of rotatable bonds is 4. The summed E-state index contributed by atoms with van der Waals surface area (Å²) in [5.41, 5.74) is 0.259. The summed E-state index contributed by atoms with van der Waals surface area (Å²) >= 11 is 12.0. The number of halogens is 3. The lowest BCUT2D eigenvalue weighted by Crippen LogP contribution is -2.61. The molecule has 0 aromatic heterocycles. The molecule has 1 fully saturated rings. The molecule has 136 valence electrons. The molecule has 1 atom stereocenters. The van der Waals surface area contributed by atoms with Gasteiger partial charge in [0.2, 0.25) is 0 Å². The quantitative estimate of drug-likeness (QED) is 0.644. The van der Waals surface area contributed by atoms with Gasteiger partial charge in [-0.05, 0) is 58.0 Å². The van der Waals surface area contributed by atoms with E-state index in [0.29, 0.717) is 21.5 Å². The van der Waals surface area contributed by atoms with Crippen LogP contribution >= 0.6 is 35.6 Å². The van der Waals surface area contributed by atoms with Gasteiger partial charge in [-0.25, -0.2) is 0 Å². The van der Waals surface area contributed by atoms with Gasteiger partial charge in [0.15, 0.2) is 0 Å². The first-order valence-electron chi connectivity index (χ1n) is 8.19. The normalized spacial score (nSPS) is 18.0. The van der Waals surface area contributed by atoms with Gasteiger partial charge in [-0.15, -0.1) is 12.4 Å². The zero-order valence-corrected chi connectivity index (χ0v) is 17.1. The molecule has 0 aliphatic heterocycles. The highest BCUT2D eigenvalue weighted by Gasteiger charge is 2.42. The third-order valence-corrected chi connectivity index (χ3v) is 6.17. The van der Waals surface area contributed by atoms with Crippen molar-refractivity contribution in [1.29, 1.82) is 0 Å². The zero-order chi connectivity index (χ0) is 17.2. The molecular formula is C18H27Cl3N2O. The Morgan fingerprint density at radius 1 is 1.08 bits per heavy atom. The Hall–Kier alpha value is -0.480. The monoisotopic (exact) mass is 392 g/mol. The van der Waals surface area contributed by atoms with Crippen LogP contribution in [0.15, 0.2) is 18.2 Å². The molecule has 1 amide bonds. The largest absolute Gasteiger partial charge is 0.323 e. The highest BCUT2D eigenvalue weighted by molar-refractivity contribution is 6.42. The van der Waals surface area contributed by atoms with Gasteiger partial charge in [-0.2, -0.15) is 0 Å². The van der Waals surface area contributed by atoms with Crippen LogP contribution in [0.25, 0.3) is 0 Å². The molecule has 1 unspecified atom stereocenters. The molecule has 0 heterocycles. The van der Waals surface area contributed by atoms with Crippen LogP contribution in [0.3, 0.4) is 0 Å². The van der Waals surface area contributed by atoms with Gasteiger partial charge in [-0.1, -0.05) is 42.5 Å². The number of benzene rings is 1. The van der Waals surface area contributed by atoms with E-state index in [0.717, 1.165) is 12.8 Å². The fourth-order valence-corrected chi connectivity index (χ4v) is 3.91. The van der Waals surface area contributed by atoms with Crippen LogP contribution in [-0.2, 0) is 0 Å². The van der Waals surface area contributed by atoms with Gasteiger partial charge in [0.1, 0.15) is 0 Å². The Balaban J connectivity index is 0.00000288. The van der Waals surface area contributed by atoms with Crippen molar-refractivity contribution in [3.63, 3.8) is 0 Å². The molecule has 24 heavy (non-hydrogen) atoms. The molecule has 1 aliphatic rings. The standard InChI is InChI=1S/C18H26Cl2N2O.ClH/c1-18(21(2)3,14-8-6-5-7-9-14)22(4)17(23)13-10-11-15(19)16(20)12-13;/h10-12,14H,5-9H2,1-4H3;1H. The lowest BCUT2D eigenvalue weighted by atomic mass is 9.79. The van der Waals surface area contributed by atoms with Crippen LogP contribution < -0.4 is 0 Å². The fraction of sp³-hybridized carbons (Fsp3) is 0.611. The van der Waals surface area contributed by atoms with Gasteiger partial charge < -0.3 is 4.90 Å². The Kier molecular flexibility index (Phi) is 7.86. The summed E-state index contributed by atoms with van der Waals surface area (Å²) in [5.74, 6) is 0.452. The smallest absolute Gasteiger partial charge is 0.255 e. The Morgan fingerprint density at radius 3 is 2.17 bits per heavy atom. The van der Waals surface area contributed by atoms with E-state index in [1.54, 1.807) is 18.2 Å². The van der Waals surface area contributed by atoms with Gasteiger partial charge in [0.25, 0.3) is 5.91 Å². The second-order valence-electron chi connectivity index (χ2n) is 6.82. The zero-order valence-electron chi connectivity index (χ0n) is 14.8. The molecule has 1 aliphatic carbocycles. The van der Waals surface area contributed by atoms with E-state index >= 15 is 0 Å². The third-order valence-electron chi connectivity index (χ3n) is 5.43. The fourth-order valence-electron chi connectivity index (χ4n) is 3.62. The highest BCUT2D eigenvalue weighted by atomic mass is 35.5. The number of nitrogens with zero attached hydrogens (tertiary/aromatic N) is 2. The molecular weight excluding hydrogens is 367 g/mol. The molecule has 2 rings (SSSR count). The van der Waals surface area contributed by atoms with Crippen molar-refractivity contribution in [3.8, 4) is 0 Å². The maximum Gasteiger partial charge on any atom is 0.255 e. The second kappa shape index (κ2) is 8.75. The predicted octanol–water partition coefficient (Wildman–Crippen LogP) is 5.35. The van der Waals surface area contributed by atoms with Crippen molar-refractivity contribution in [2.45, 2.75) is 44.7 Å². The van der Waals surface area contributed by atoms with Crippen molar-refractivity contribution in [2.24, 2.45) is 5.92 Å². The first kappa shape index (κ1) is 21.6. The highest BCUT2D eigenvalue weighted by Crippen LogP contribution is 2.38. The first-order valence-corrected chi connectivity index (χ1v) is 8.94. The molecule has 0 radical (unpaired) electrons. The van der Waals surface area contributed by atoms with Gasteiger partial charge in [0.05, 0.1) is 15.7 Å². The number of carbonyl (C=O) groups excluding carboxylic acids is 1. The minimum atomic E-state index is -0.316. The van der Waals surface area contributed by atoms with Crippen LogP contribution in [0.1, 0.15) is 49.4 Å². The van der Waals surface area contributed by atoms with Crippen LogP contribution in [0.5, 0.6) is 0 Å². The van der Waals surface area contributed by atoms with Gasteiger partial charge in [-0.3, -0.25) is 9.69 Å². The molecule has 6 heteroatoms. The SMILES string of the molecule is CN(C)C(C)(C1CCCCC1)N(C)C(=O)c1ccc(Cl)c(Cl)c1.Cl. The summed E-state index contributed by atoms with van der Waals surface area (Å²) in [7, 11) is 5.99. The maximum absolute atomic E-state index is 13.0. The molecule has 0 N–H and O–H groups in total. The van der Waals surface area contributed by atoms with E-state index in [2.05, 4.69) is 11.8 Å². The topological polar surface area (TPSA) is 23.6 Å². The Morgan fingerprint density at radius 2 is 1.67 bits per heavy atom.